The van der Waals surface area contributed by atoms with Crippen LogP contribution in [0.3, 0.4) is 0 Å². The average Bonchev–Trinajstić information content (AvgIpc) is 2.40. The van der Waals surface area contributed by atoms with Gasteiger partial charge in [0.2, 0.25) is 0 Å². The second-order valence-electron chi connectivity index (χ2n) is 7.02. The summed E-state index contributed by atoms with van der Waals surface area (Å²) in [5, 5.41) is 3.66. The lowest BCUT2D eigenvalue weighted by Gasteiger charge is -2.28. The molecule has 0 aromatic heterocycles. The summed E-state index contributed by atoms with van der Waals surface area (Å²) in [5.41, 5.74) is 0.857. The molecule has 0 atom stereocenters. The normalized spacial score (nSPS) is 22.4. The van der Waals surface area contributed by atoms with E-state index in [0.717, 1.165) is 6.54 Å². The second kappa shape index (κ2) is 6.19. The van der Waals surface area contributed by atoms with Gasteiger partial charge >= 0.3 is 0 Å². The summed E-state index contributed by atoms with van der Waals surface area (Å²) < 4.78 is 0. The first-order valence-electron chi connectivity index (χ1n) is 7.32. The van der Waals surface area contributed by atoms with Gasteiger partial charge in [0.05, 0.1) is 0 Å². The van der Waals surface area contributed by atoms with E-state index in [4.69, 9.17) is 0 Å². The van der Waals surface area contributed by atoms with Crippen LogP contribution in [0.4, 0.5) is 0 Å². The molecule has 0 saturated carbocycles. The Labute approximate surface area is 108 Å². The van der Waals surface area contributed by atoms with E-state index < -0.39 is 0 Å². The summed E-state index contributed by atoms with van der Waals surface area (Å²) in [6, 6.07) is 0. The molecule has 1 aliphatic heterocycles. The van der Waals surface area contributed by atoms with Crippen molar-refractivity contribution in [2.24, 2.45) is 5.41 Å². The molecule has 0 aliphatic carbocycles. The Hall–Kier alpha value is -0.0800. The zero-order valence-electron chi connectivity index (χ0n) is 12.6. The van der Waals surface area contributed by atoms with Crippen molar-refractivity contribution < 1.29 is 0 Å². The van der Waals surface area contributed by atoms with E-state index in [9.17, 15) is 0 Å². The molecule has 1 heterocycles. The summed E-state index contributed by atoms with van der Waals surface area (Å²) in [7, 11) is 0. The summed E-state index contributed by atoms with van der Waals surface area (Å²) in [4.78, 5) is 2.63. The summed E-state index contributed by atoms with van der Waals surface area (Å²) >= 11 is 0. The van der Waals surface area contributed by atoms with Crippen molar-refractivity contribution in [1.82, 2.24) is 10.2 Å². The third-order valence-corrected chi connectivity index (χ3v) is 4.35. The quantitative estimate of drug-likeness (QED) is 0.793. The van der Waals surface area contributed by atoms with E-state index in [-0.39, 0.29) is 0 Å². The molecular weight excluding hydrogens is 208 g/mol. The molecule has 0 spiro atoms. The van der Waals surface area contributed by atoms with Crippen molar-refractivity contribution >= 4 is 0 Å². The smallest absolute Gasteiger partial charge is 0.0123 e. The van der Waals surface area contributed by atoms with Crippen LogP contribution >= 0.6 is 0 Å². The minimum Gasteiger partial charge on any atom is -0.311 e. The molecule has 102 valence electrons. The molecular formula is C15H32N2. The van der Waals surface area contributed by atoms with Gasteiger partial charge < -0.3 is 10.2 Å². The van der Waals surface area contributed by atoms with Crippen molar-refractivity contribution in [2.75, 3.05) is 26.2 Å². The molecule has 2 nitrogen and oxygen atoms in total. The van der Waals surface area contributed by atoms with Gasteiger partial charge in [0.1, 0.15) is 0 Å². The first-order valence-corrected chi connectivity index (χ1v) is 7.32. The minimum atomic E-state index is 0.297. The molecule has 1 N–H and O–H groups in total. The Morgan fingerprint density at radius 3 is 2.53 bits per heavy atom. The highest BCUT2D eigenvalue weighted by atomic mass is 15.1. The fourth-order valence-corrected chi connectivity index (χ4v) is 2.38. The molecule has 17 heavy (non-hydrogen) atoms. The first kappa shape index (κ1) is 15.0. The van der Waals surface area contributed by atoms with Crippen LogP contribution in [0.15, 0.2) is 0 Å². The minimum absolute atomic E-state index is 0.297. The highest BCUT2D eigenvalue weighted by Crippen LogP contribution is 2.29. The van der Waals surface area contributed by atoms with Gasteiger partial charge in [0, 0.05) is 18.6 Å². The van der Waals surface area contributed by atoms with Crippen LogP contribution in [0.2, 0.25) is 0 Å². The Balaban J connectivity index is 2.24. The zero-order valence-corrected chi connectivity index (χ0v) is 12.6. The largest absolute Gasteiger partial charge is 0.311 e. The van der Waals surface area contributed by atoms with Crippen LogP contribution in [0.1, 0.15) is 60.3 Å². The number of nitrogens with one attached hydrogen (secondary N) is 1. The van der Waals surface area contributed by atoms with Gasteiger partial charge in [-0.25, -0.2) is 0 Å². The van der Waals surface area contributed by atoms with Gasteiger partial charge in [-0.3, -0.25) is 0 Å². The van der Waals surface area contributed by atoms with Crippen LogP contribution in [-0.4, -0.2) is 36.6 Å². The standard InChI is InChI=1S/C15H32N2/c1-6-15(4,5)16-10-13-17-11-7-8-14(2,3)9-12-17/h16H,6-13H2,1-5H3. The predicted octanol–water partition coefficient (Wildman–Crippen LogP) is 3.28. The van der Waals surface area contributed by atoms with Crippen molar-refractivity contribution in [1.29, 1.82) is 0 Å². The molecule has 0 amide bonds. The Morgan fingerprint density at radius 2 is 1.88 bits per heavy atom. The Kier molecular flexibility index (Phi) is 5.46. The van der Waals surface area contributed by atoms with Crippen molar-refractivity contribution in [2.45, 2.75) is 65.8 Å². The lowest BCUT2D eigenvalue weighted by atomic mass is 9.85. The maximum Gasteiger partial charge on any atom is 0.0123 e. The monoisotopic (exact) mass is 240 g/mol. The van der Waals surface area contributed by atoms with Crippen LogP contribution < -0.4 is 5.32 Å². The lowest BCUT2D eigenvalue weighted by Crippen LogP contribution is -2.43. The zero-order chi connectivity index (χ0) is 12.9. The van der Waals surface area contributed by atoms with Crippen LogP contribution in [-0.2, 0) is 0 Å². The summed E-state index contributed by atoms with van der Waals surface area (Å²) in [6.45, 7) is 16.6. The molecule has 0 radical (unpaired) electrons. The number of nitrogens with zero attached hydrogens (tertiary/aromatic N) is 1. The fraction of sp³-hybridized carbons (Fsp3) is 1.00. The fourth-order valence-electron chi connectivity index (χ4n) is 2.38. The summed E-state index contributed by atoms with van der Waals surface area (Å²) in [6.07, 6.45) is 5.30. The number of rotatable bonds is 5. The van der Waals surface area contributed by atoms with Gasteiger partial charge in [0.15, 0.2) is 0 Å². The van der Waals surface area contributed by atoms with Gasteiger partial charge in [-0.2, -0.15) is 0 Å². The van der Waals surface area contributed by atoms with E-state index >= 15 is 0 Å². The number of hydrogen-bond acceptors (Lipinski definition) is 2. The molecule has 0 bridgehead atoms. The third kappa shape index (κ3) is 5.87. The maximum atomic E-state index is 3.66. The predicted molar refractivity (Wildman–Crippen MR) is 76.4 cm³/mol. The maximum absolute atomic E-state index is 3.66. The third-order valence-electron chi connectivity index (χ3n) is 4.35. The second-order valence-corrected chi connectivity index (χ2v) is 7.02. The highest BCUT2D eigenvalue weighted by molar-refractivity contribution is 4.79. The number of likely N-dealkylation sites (tertiary alicyclic amines) is 1. The van der Waals surface area contributed by atoms with E-state index in [1.165, 1.54) is 45.3 Å². The molecule has 0 unspecified atom stereocenters. The van der Waals surface area contributed by atoms with E-state index in [0.29, 0.717) is 11.0 Å². The first-order chi connectivity index (χ1) is 7.85. The van der Waals surface area contributed by atoms with Gasteiger partial charge in [-0.15, -0.1) is 0 Å². The van der Waals surface area contributed by atoms with Gasteiger partial charge in [-0.05, 0) is 58.0 Å². The van der Waals surface area contributed by atoms with Crippen molar-refractivity contribution in [3.63, 3.8) is 0 Å². The molecule has 1 saturated heterocycles. The SMILES string of the molecule is CCC(C)(C)NCCN1CCCC(C)(C)CC1. The molecule has 1 rings (SSSR count). The lowest BCUT2D eigenvalue weighted by molar-refractivity contribution is 0.249. The van der Waals surface area contributed by atoms with Crippen LogP contribution in [0.5, 0.6) is 0 Å². The van der Waals surface area contributed by atoms with Gasteiger partial charge in [-0.1, -0.05) is 20.8 Å². The van der Waals surface area contributed by atoms with Crippen molar-refractivity contribution in [3.8, 4) is 0 Å². The summed E-state index contributed by atoms with van der Waals surface area (Å²) in [5.74, 6) is 0. The Morgan fingerprint density at radius 1 is 1.18 bits per heavy atom. The van der Waals surface area contributed by atoms with E-state index in [1.807, 2.05) is 0 Å². The molecule has 0 aromatic rings. The molecule has 1 fully saturated rings. The van der Waals surface area contributed by atoms with Crippen LogP contribution in [0, 0.1) is 5.41 Å². The average molecular weight is 240 g/mol. The highest BCUT2D eigenvalue weighted by Gasteiger charge is 2.23. The van der Waals surface area contributed by atoms with Crippen LogP contribution in [0.25, 0.3) is 0 Å². The van der Waals surface area contributed by atoms with E-state index in [2.05, 4.69) is 44.8 Å². The van der Waals surface area contributed by atoms with E-state index in [1.54, 1.807) is 0 Å². The number of hydrogen-bond donors (Lipinski definition) is 1. The molecule has 0 aromatic carbocycles. The molecule has 2 heteroatoms. The topological polar surface area (TPSA) is 15.3 Å². The Bertz CT molecular complexity index is 221. The van der Waals surface area contributed by atoms with Gasteiger partial charge in [0.25, 0.3) is 0 Å². The van der Waals surface area contributed by atoms with Crippen molar-refractivity contribution in [3.05, 3.63) is 0 Å². The molecule has 1 aliphatic rings.